The van der Waals surface area contributed by atoms with Gasteiger partial charge in [0.25, 0.3) is 0 Å². The standard InChI is InChI=1S/C11H14F2N3O5P/c1-5-7-8(21-22(2,18)20-5)11(12,13)9(19-7)16-4-3-6(14)15-10(16)17/h3-5,7-9H,1-2H3,(H2,14,15,17)/t5?,7-,8-,9-,22?/m1/s1. The van der Waals surface area contributed by atoms with E-state index in [9.17, 15) is 18.1 Å². The van der Waals surface area contributed by atoms with E-state index in [1.165, 1.54) is 13.0 Å². The first-order valence-corrected chi connectivity index (χ1v) is 8.43. The van der Waals surface area contributed by atoms with Crippen molar-refractivity contribution in [3.63, 3.8) is 0 Å². The topological polar surface area (TPSA) is 106 Å². The van der Waals surface area contributed by atoms with Crippen molar-refractivity contribution in [2.75, 3.05) is 12.4 Å². The van der Waals surface area contributed by atoms with Crippen LogP contribution in [0.15, 0.2) is 17.1 Å². The molecule has 2 fully saturated rings. The van der Waals surface area contributed by atoms with Crippen molar-refractivity contribution >= 4 is 13.4 Å². The first-order chi connectivity index (χ1) is 10.1. The molecule has 11 heteroatoms. The second-order valence-corrected chi connectivity index (χ2v) is 7.24. The van der Waals surface area contributed by atoms with Crippen LogP contribution < -0.4 is 11.4 Å². The van der Waals surface area contributed by atoms with E-state index in [2.05, 4.69) is 4.98 Å². The van der Waals surface area contributed by atoms with Gasteiger partial charge in [-0.2, -0.15) is 13.8 Å². The molecule has 3 heterocycles. The summed E-state index contributed by atoms with van der Waals surface area (Å²) in [5.74, 6) is -3.68. The van der Waals surface area contributed by atoms with Crippen molar-refractivity contribution < 1.29 is 27.1 Å². The van der Waals surface area contributed by atoms with Gasteiger partial charge in [-0.25, -0.2) is 4.79 Å². The molecule has 2 N–H and O–H groups in total. The zero-order valence-corrected chi connectivity index (χ0v) is 12.6. The summed E-state index contributed by atoms with van der Waals surface area (Å²) in [7, 11) is -3.61. The number of nitrogens with zero attached hydrogens (tertiary/aromatic N) is 2. The number of ether oxygens (including phenoxy) is 1. The number of aromatic nitrogens is 2. The van der Waals surface area contributed by atoms with Crippen LogP contribution in [0.3, 0.4) is 0 Å². The minimum atomic E-state index is -3.61. The second-order valence-electron chi connectivity index (χ2n) is 5.28. The van der Waals surface area contributed by atoms with Gasteiger partial charge in [-0.3, -0.25) is 13.7 Å². The van der Waals surface area contributed by atoms with Crippen molar-refractivity contribution in [1.29, 1.82) is 0 Å². The fraction of sp³-hybridized carbons (Fsp3) is 0.636. The summed E-state index contributed by atoms with van der Waals surface area (Å²) in [6.45, 7) is 2.57. The van der Waals surface area contributed by atoms with Crippen molar-refractivity contribution in [2.24, 2.45) is 0 Å². The number of nitrogens with two attached hydrogens (primary N) is 1. The van der Waals surface area contributed by atoms with Crippen LogP contribution in [-0.4, -0.2) is 40.5 Å². The quantitative estimate of drug-likeness (QED) is 0.762. The summed E-state index contributed by atoms with van der Waals surface area (Å²) >= 11 is 0. The highest BCUT2D eigenvalue weighted by atomic mass is 31.2. The molecule has 3 rings (SSSR count). The third-order valence-electron chi connectivity index (χ3n) is 3.52. The lowest BCUT2D eigenvalue weighted by Gasteiger charge is -2.35. The van der Waals surface area contributed by atoms with Crippen LogP contribution >= 0.6 is 7.60 Å². The Morgan fingerprint density at radius 2 is 2.14 bits per heavy atom. The Morgan fingerprint density at radius 3 is 2.77 bits per heavy atom. The van der Waals surface area contributed by atoms with Gasteiger partial charge < -0.3 is 15.0 Å². The first-order valence-electron chi connectivity index (χ1n) is 6.44. The Bertz CT molecular complexity index is 711. The van der Waals surface area contributed by atoms with Crippen LogP contribution in [0.25, 0.3) is 0 Å². The molecule has 0 spiro atoms. The molecule has 0 aliphatic carbocycles. The van der Waals surface area contributed by atoms with E-state index in [1.54, 1.807) is 0 Å². The maximum Gasteiger partial charge on any atom is 0.351 e. The van der Waals surface area contributed by atoms with E-state index in [0.717, 1.165) is 12.9 Å². The first kappa shape index (κ1) is 15.5. The molecule has 22 heavy (non-hydrogen) atoms. The molecule has 2 aliphatic rings. The van der Waals surface area contributed by atoms with Gasteiger partial charge in [-0.1, -0.05) is 0 Å². The average molecular weight is 337 g/mol. The Hall–Kier alpha value is -1.35. The number of hydrogen-bond acceptors (Lipinski definition) is 7. The van der Waals surface area contributed by atoms with Crippen LogP contribution in [0.5, 0.6) is 0 Å². The van der Waals surface area contributed by atoms with E-state index >= 15 is 0 Å². The van der Waals surface area contributed by atoms with Crippen LogP contribution in [0.4, 0.5) is 14.6 Å². The summed E-state index contributed by atoms with van der Waals surface area (Å²) in [4.78, 5) is 15.2. The molecule has 0 saturated carbocycles. The molecular weight excluding hydrogens is 323 g/mol. The Balaban J connectivity index is 2.02. The highest BCUT2D eigenvalue weighted by molar-refractivity contribution is 7.53. The molecule has 0 radical (unpaired) electrons. The number of rotatable bonds is 1. The Kier molecular flexibility index (Phi) is 3.41. The molecule has 0 aromatic carbocycles. The van der Waals surface area contributed by atoms with Gasteiger partial charge in [0, 0.05) is 12.9 Å². The lowest BCUT2D eigenvalue weighted by atomic mass is 10.1. The van der Waals surface area contributed by atoms with Gasteiger partial charge in [0.1, 0.15) is 11.9 Å². The molecule has 5 atom stereocenters. The van der Waals surface area contributed by atoms with Crippen LogP contribution in [-0.2, 0) is 18.3 Å². The largest absolute Gasteiger partial charge is 0.383 e. The molecule has 0 bridgehead atoms. The predicted octanol–water partition coefficient (Wildman–Crippen LogP) is 0.985. The van der Waals surface area contributed by atoms with Crippen LogP contribution in [0.2, 0.25) is 0 Å². The molecule has 2 saturated heterocycles. The molecule has 122 valence electrons. The number of nitrogen functional groups attached to an aromatic ring is 1. The molecule has 1 aromatic rings. The summed E-state index contributed by atoms with van der Waals surface area (Å²) in [6, 6.07) is 1.20. The van der Waals surface area contributed by atoms with Crippen molar-refractivity contribution in [3.05, 3.63) is 22.7 Å². The normalized spacial score (nSPS) is 40.4. The zero-order valence-electron chi connectivity index (χ0n) is 11.7. The fourth-order valence-corrected chi connectivity index (χ4v) is 4.05. The van der Waals surface area contributed by atoms with Gasteiger partial charge in [0.2, 0.25) is 6.23 Å². The average Bonchev–Trinajstić information content (AvgIpc) is 2.61. The fourth-order valence-electron chi connectivity index (χ4n) is 2.61. The molecular formula is C11H14F2N3O5P. The molecule has 8 nitrogen and oxygen atoms in total. The maximum atomic E-state index is 14.6. The van der Waals surface area contributed by atoms with Crippen molar-refractivity contribution in [2.45, 2.75) is 37.4 Å². The second kappa shape index (κ2) is 4.82. The van der Waals surface area contributed by atoms with Crippen LogP contribution in [0, 0.1) is 0 Å². The molecule has 2 aliphatic heterocycles. The van der Waals surface area contributed by atoms with Gasteiger partial charge in [-0.15, -0.1) is 0 Å². The lowest BCUT2D eigenvalue weighted by molar-refractivity contribution is -0.135. The van der Waals surface area contributed by atoms with Crippen LogP contribution in [0.1, 0.15) is 13.2 Å². The minimum Gasteiger partial charge on any atom is -0.383 e. The Labute approximate surface area is 123 Å². The van der Waals surface area contributed by atoms with E-state index in [0.29, 0.717) is 4.57 Å². The third-order valence-corrected chi connectivity index (χ3v) is 4.85. The third kappa shape index (κ3) is 2.36. The Morgan fingerprint density at radius 1 is 1.45 bits per heavy atom. The van der Waals surface area contributed by atoms with Gasteiger partial charge in [-0.05, 0) is 13.0 Å². The highest BCUT2D eigenvalue weighted by Crippen LogP contribution is 2.58. The van der Waals surface area contributed by atoms with E-state index in [1.807, 2.05) is 0 Å². The van der Waals surface area contributed by atoms with Crippen molar-refractivity contribution in [1.82, 2.24) is 9.55 Å². The summed E-state index contributed by atoms with van der Waals surface area (Å²) in [5, 5.41) is 0. The number of alkyl halides is 2. The molecule has 1 aromatic heterocycles. The SMILES string of the molecule is CC1OP(C)(=O)O[C@@H]2[C@@H]1O[C@@H](n1ccc(N)nc1=O)C2(F)F. The number of halogens is 2. The number of fused-ring (bicyclic) bond motifs is 1. The minimum absolute atomic E-state index is 0.0917. The van der Waals surface area contributed by atoms with E-state index < -0.39 is 43.7 Å². The lowest BCUT2D eigenvalue weighted by Crippen LogP contribution is -2.47. The molecule has 0 amide bonds. The van der Waals surface area contributed by atoms with Gasteiger partial charge in [0.15, 0.2) is 6.10 Å². The van der Waals surface area contributed by atoms with Gasteiger partial charge in [0.05, 0.1) is 6.10 Å². The van der Waals surface area contributed by atoms with Gasteiger partial charge >= 0.3 is 19.2 Å². The number of anilines is 1. The predicted molar refractivity (Wildman–Crippen MR) is 70.7 cm³/mol. The highest BCUT2D eigenvalue weighted by Gasteiger charge is 2.66. The van der Waals surface area contributed by atoms with Crippen molar-refractivity contribution in [3.8, 4) is 0 Å². The maximum absolute atomic E-state index is 14.6. The van der Waals surface area contributed by atoms with E-state index in [4.69, 9.17) is 19.5 Å². The number of hydrogen-bond donors (Lipinski definition) is 1. The smallest absolute Gasteiger partial charge is 0.351 e. The monoisotopic (exact) mass is 337 g/mol. The molecule has 2 unspecified atom stereocenters. The van der Waals surface area contributed by atoms with E-state index in [-0.39, 0.29) is 5.82 Å². The summed E-state index contributed by atoms with van der Waals surface area (Å²) < 4.78 is 56.9. The zero-order chi connectivity index (χ0) is 16.3. The summed E-state index contributed by atoms with van der Waals surface area (Å²) in [5.41, 5.74) is 4.36. The summed E-state index contributed by atoms with van der Waals surface area (Å²) in [6.07, 6.45) is -4.68.